The molecule has 0 aliphatic heterocycles. The Balaban J connectivity index is 1.60. The van der Waals surface area contributed by atoms with E-state index in [1.807, 2.05) is 6.92 Å². The predicted octanol–water partition coefficient (Wildman–Crippen LogP) is 4.67. The smallest absolute Gasteiger partial charge is 0.261 e. The normalized spacial score (nSPS) is 16.0. The number of rotatable bonds is 7. The monoisotopic (exact) mass is 450 g/mol. The molecule has 162 valence electrons. The highest BCUT2D eigenvalue weighted by molar-refractivity contribution is 7.92. The maximum atomic E-state index is 12.6. The summed E-state index contributed by atoms with van der Waals surface area (Å²) in [6.45, 7) is 3.53. The molecule has 0 saturated heterocycles. The Labute approximate surface area is 183 Å². The van der Waals surface area contributed by atoms with Crippen molar-refractivity contribution in [3.63, 3.8) is 0 Å². The minimum Gasteiger partial charge on any atom is -0.481 e. The maximum absolute atomic E-state index is 12.6. The van der Waals surface area contributed by atoms with E-state index in [0.717, 1.165) is 31.2 Å². The average molecular weight is 451 g/mol. The number of hydrogen-bond acceptors (Lipinski definition) is 4. The van der Waals surface area contributed by atoms with Gasteiger partial charge in [-0.05, 0) is 68.7 Å². The molecule has 0 spiro atoms. The van der Waals surface area contributed by atoms with Crippen molar-refractivity contribution in [3.05, 3.63) is 53.1 Å². The molecule has 0 radical (unpaired) electrons. The topological polar surface area (TPSA) is 84.5 Å². The van der Waals surface area contributed by atoms with Crippen LogP contribution in [0.3, 0.4) is 0 Å². The van der Waals surface area contributed by atoms with Gasteiger partial charge in [0, 0.05) is 11.1 Å². The highest BCUT2D eigenvalue weighted by Gasteiger charge is 2.21. The zero-order valence-electron chi connectivity index (χ0n) is 17.2. The van der Waals surface area contributed by atoms with Crippen LogP contribution in [-0.4, -0.2) is 26.5 Å². The summed E-state index contributed by atoms with van der Waals surface area (Å²) >= 11 is 6.06. The summed E-state index contributed by atoms with van der Waals surface area (Å²) in [6, 6.07) is 11.2. The van der Waals surface area contributed by atoms with Crippen LogP contribution in [0.2, 0.25) is 5.02 Å². The van der Waals surface area contributed by atoms with Crippen LogP contribution in [-0.2, 0) is 14.8 Å². The lowest BCUT2D eigenvalue weighted by Crippen LogP contribution is -2.43. The second-order valence-electron chi connectivity index (χ2n) is 7.64. The van der Waals surface area contributed by atoms with Crippen LogP contribution in [0, 0.1) is 6.92 Å². The summed E-state index contributed by atoms with van der Waals surface area (Å²) < 4.78 is 33.4. The van der Waals surface area contributed by atoms with Crippen LogP contribution >= 0.6 is 11.6 Å². The number of ether oxygens (including phenoxy) is 1. The molecule has 2 N–H and O–H groups in total. The molecule has 1 saturated carbocycles. The van der Waals surface area contributed by atoms with Crippen LogP contribution in [0.4, 0.5) is 5.69 Å². The largest absolute Gasteiger partial charge is 0.481 e. The zero-order chi connectivity index (χ0) is 21.7. The lowest BCUT2D eigenvalue weighted by atomic mass is 9.95. The number of hydrogen-bond donors (Lipinski definition) is 2. The van der Waals surface area contributed by atoms with E-state index in [1.165, 1.54) is 18.6 Å². The summed E-state index contributed by atoms with van der Waals surface area (Å²) in [6.07, 6.45) is 4.84. The van der Waals surface area contributed by atoms with E-state index in [4.69, 9.17) is 16.3 Å². The van der Waals surface area contributed by atoms with Gasteiger partial charge in [0.15, 0.2) is 6.10 Å². The third-order valence-corrected chi connectivity index (χ3v) is 7.00. The SMILES string of the molecule is Cc1ccc(NS(=O)(=O)c2ccc(O[C@@H](C)C(=O)NC3CCCCC3)cc2)cc1Cl. The fraction of sp³-hybridized carbons (Fsp3) is 0.409. The van der Waals surface area contributed by atoms with Gasteiger partial charge in [0.2, 0.25) is 0 Å². The Bertz CT molecular complexity index is 987. The number of anilines is 1. The van der Waals surface area contributed by atoms with Crippen LogP contribution in [0.25, 0.3) is 0 Å². The molecule has 0 aromatic heterocycles. The Kier molecular flexibility index (Phi) is 7.26. The van der Waals surface area contributed by atoms with Crippen molar-refractivity contribution < 1.29 is 17.9 Å². The minimum absolute atomic E-state index is 0.0888. The van der Waals surface area contributed by atoms with Crippen molar-refractivity contribution in [2.24, 2.45) is 0 Å². The average Bonchev–Trinajstić information content (AvgIpc) is 2.71. The van der Waals surface area contributed by atoms with E-state index in [1.54, 1.807) is 37.3 Å². The molecule has 30 heavy (non-hydrogen) atoms. The summed E-state index contributed by atoms with van der Waals surface area (Å²) in [5, 5.41) is 3.52. The molecule has 1 aliphatic carbocycles. The minimum atomic E-state index is -3.77. The van der Waals surface area contributed by atoms with Gasteiger partial charge in [-0.15, -0.1) is 0 Å². The molecule has 1 atom stereocenters. The Morgan fingerprint density at radius 2 is 1.77 bits per heavy atom. The first-order chi connectivity index (χ1) is 14.2. The van der Waals surface area contributed by atoms with E-state index in [2.05, 4.69) is 10.0 Å². The van der Waals surface area contributed by atoms with Crippen molar-refractivity contribution in [1.29, 1.82) is 0 Å². The fourth-order valence-corrected chi connectivity index (χ4v) is 4.62. The quantitative estimate of drug-likeness (QED) is 0.642. The Morgan fingerprint density at radius 3 is 2.40 bits per heavy atom. The molecular weight excluding hydrogens is 424 g/mol. The van der Waals surface area contributed by atoms with E-state index in [0.29, 0.717) is 16.5 Å². The molecule has 8 heteroatoms. The van der Waals surface area contributed by atoms with Crippen LogP contribution in [0.1, 0.15) is 44.6 Å². The van der Waals surface area contributed by atoms with Crippen LogP contribution in [0.15, 0.2) is 47.4 Å². The molecular formula is C22H27ClN2O4S. The number of halogens is 1. The summed E-state index contributed by atoms with van der Waals surface area (Å²) in [5.74, 6) is 0.273. The number of aryl methyl sites for hydroxylation is 1. The van der Waals surface area contributed by atoms with Gasteiger partial charge in [-0.25, -0.2) is 8.42 Å². The lowest BCUT2D eigenvalue weighted by Gasteiger charge is -2.24. The van der Waals surface area contributed by atoms with E-state index in [-0.39, 0.29) is 16.8 Å². The molecule has 0 heterocycles. The second kappa shape index (κ2) is 9.71. The van der Waals surface area contributed by atoms with Gasteiger partial charge < -0.3 is 10.1 Å². The molecule has 2 aromatic carbocycles. The third-order valence-electron chi connectivity index (χ3n) is 5.19. The van der Waals surface area contributed by atoms with Gasteiger partial charge in [0.05, 0.1) is 10.6 Å². The molecule has 1 amide bonds. The van der Waals surface area contributed by atoms with E-state index in [9.17, 15) is 13.2 Å². The molecule has 6 nitrogen and oxygen atoms in total. The van der Waals surface area contributed by atoms with Gasteiger partial charge in [-0.3, -0.25) is 9.52 Å². The molecule has 1 fully saturated rings. The van der Waals surface area contributed by atoms with E-state index < -0.39 is 16.1 Å². The molecule has 2 aromatic rings. The molecule has 3 rings (SSSR count). The fourth-order valence-electron chi connectivity index (χ4n) is 3.39. The number of amides is 1. The van der Waals surface area contributed by atoms with Gasteiger partial charge in [-0.1, -0.05) is 36.9 Å². The zero-order valence-corrected chi connectivity index (χ0v) is 18.7. The summed E-state index contributed by atoms with van der Waals surface area (Å²) in [5.41, 5.74) is 1.25. The van der Waals surface area contributed by atoms with Crippen molar-refractivity contribution in [2.45, 2.75) is 63.0 Å². The highest BCUT2D eigenvalue weighted by Crippen LogP contribution is 2.24. The number of carbonyl (C=O) groups excluding carboxylic acids is 1. The predicted molar refractivity (Wildman–Crippen MR) is 119 cm³/mol. The highest BCUT2D eigenvalue weighted by atomic mass is 35.5. The first-order valence-electron chi connectivity index (χ1n) is 10.1. The summed E-state index contributed by atoms with van der Waals surface area (Å²) in [4.78, 5) is 12.4. The van der Waals surface area contributed by atoms with Crippen LogP contribution < -0.4 is 14.8 Å². The maximum Gasteiger partial charge on any atom is 0.261 e. The molecule has 1 aliphatic rings. The van der Waals surface area contributed by atoms with Gasteiger partial charge in [-0.2, -0.15) is 0 Å². The number of sulfonamides is 1. The Morgan fingerprint density at radius 1 is 1.10 bits per heavy atom. The Hall–Kier alpha value is -2.25. The lowest BCUT2D eigenvalue weighted by molar-refractivity contribution is -0.128. The van der Waals surface area contributed by atoms with Crippen LogP contribution in [0.5, 0.6) is 5.75 Å². The number of carbonyl (C=O) groups is 1. The summed E-state index contributed by atoms with van der Waals surface area (Å²) in [7, 11) is -3.77. The van der Waals surface area contributed by atoms with Gasteiger partial charge >= 0.3 is 0 Å². The van der Waals surface area contributed by atoms with Crippen molar-refractivity contribution in [3.8, 4) is 5.75 Å². The van der Waals surface area contributed by atoms with E-state index >= 15 is 0 Å². The third kappa shape index (κ3) is 5.89. The first-order valence-corrected chi connectivity index (χ1v) is 12.0. The van der Waals surface area contributed by atoms with Crippen molar-refractivity contribution >= 4 is 33.2 Å². The van der Waals surface area contributed by atoms with Gasteiger partial charge in [0.1, 0.15) is 5.75 Å². The van der Waals surface area contributed by atoms with Gasteiger partial charge in [0.25, 0.3) is 15.9 Å². The first kappa shape index (κ1) is 22.4. The molecule has 0 unspecified atom stereocenters. The second-order valence-corrected chi connectivity index (χ2v) is 9.73. The van der Waals surface area contributed by atoms with Crippen molar-refractivity contribution in [1.82, 2.24) is 5.32 Å². The molecule has 0 bridgehead atoms. The number of nitrogens with one attached hydrogen (secondary N) is 2. The van der Waals surface area contributed by atoms with Crippen molar-refractivity contribution in [2.75, 3.05) is 4.72 Å². The standard InChI is InChI=1S/C22H27ClN2O4S/c1-15-8-9-18(14-21(15)23)25-30(27,28)20-12-10-19(11-13-20)29-16(2)22(26)24-17-6-4-3-5-7-17/h8-14,16-17,25H,3-7H2,1-2H3,(H,24,26)/t16-/m0/s1. The number of benzene rings is 2.